The number of sulfonamides is 1. The Labute approximate surface area is 141 Å². The summed E-state index contributed by atoms with van der Waals surface area (Å²) in [6.45, 7) is 4.82. The van der Waals surface area contributed by atoms with E-state index in [1.165, 1.54) is 19.1 Å². The van der Waals surface area contributed by atoms with Crippen LogP contribution in [0.25, 0.3) is 0 Å². The number of carbonyl (C=O) groups is 2. The Kier molecular flexibility index (Phi) is 5.61. The van der Waals surface area contributed by atoms with Crippen molar-refractivity contribution in [3.05, 3.63) is 29.8 Å². The molecule has 1 unspecified atom stereocenters. The first-order valence-electron chi connectivity index (χ1n) is 7.68. The van der Waals surface area contributed by atoms with Crippen molar-refractivity contribution in [1.82, 2.24) is 4.31 Å². The smallest absolute Gasteiger partial charge is 0.324 e. The molecule has 0 N–H and O–H groups in total. The Balaban J connectivity index is 2.33. The Morgan fingerprint density at radius 1 is 1.25 bits per heavy atom. The average Bonchev–Trinajstić information content (AvgIpc) is 2.92. The SMILES string of the molecule is CCOC(=O)[C@@H]1CC(OC(C)=O)CN1S(=O)(=O)c1ccc(C)cc1. The predicted molar refractivity (Wildman–Crippen MR) is 85.7 cm³/mol. The molecule has 0 amide bonds. The van der Waals surface area contributed by atoms with Crippen molar-refractivity contribution >= 4 is 22.0 Å². The van der Waals surface area contributed by atoms with Gasteiger partial charge in [0.2, 0.25) is 10.0 Å². The monoisotopic (exact) mass is 355 g/mol. The molecular formula is C16H21NO6S. The molecule has 1 aromatic rings. The van der Waals surface area contributed by atoms with Crippen LogP contribution in [0.4, 0.5) is 0 Å². The molecule has 1 aliphatic rings. The first kappa shape index (κ1) is 18.4. The molecule has 1 aliphatic heterocycles. The fraction of sp³-hybridized carbons (Fsp3) is 0.500. The highest BCUT2D eigenvalue weighted by molar-refractivity contribution is 7.89. The number of aryl methyl sites for hydroxylation is 1. The summed E-state index contributed by atoms with van der Waals surface area (Å²) in [6, 6.07) is 5.36. The highest BCUT2D eigenvalue weighted by Crippen LogP contribution is 2.29. The standard InChI is InChI=1S/C16H21NO6S/c1-4-22-16(19)15-9-13(23-12(3)18)10-17(15)24(20,21)14-7-5-11(2)6-8-14/h5-8,13,15H,4,9-10H2,1-3H3/t13?,15-/m0/s1. The molecule has 0 radical (unpaired) electrons. The molecule has 1 fully saturated rings. The maximum Gasteiger partial charge on any atom is 0.324 e. The Hall–Kier alpha value is -1.93. The molecule has 1 saturated heterocycles. The van der Waals surface area contributed by atoms with Crippen molar-refractivity contribution in [2.45, 2.75) is 44.2 Å². The van der Waals surface area contributed by atoms with Gasteiger partial charge in [-0.15, -0.1) is 0 Å². The molecule has 24 heavy (non-hydrogen) atoms. The van der Waals surface area contributed by atoms with Gasteiger partial charge in [0.05, 0.1) is 18.0 Å². The third-order valence-electron chi connectivity index (χ3n) is 3.74. The van der Waals surface area contributed by atoms with Crippen LogP contribution < -0.4 is 0 Å². The number of hydrogen-bond acceptors (Lipinski definition) is 6. The largest absolute Gasteiger partial charge is 0.465 e. The lowest BCUT2D eigenvalue weighted by Crippen LogP contribution is -2.41. The van der Waals surface area contributed by atoms with Crippen LogP contribution in [0.15, 0.2) is 29.2 Å². The molecule has 0 spiro atoms. The minimum atomic E-state index is -3.90. The van der Waals surface area contributed by atoms with Crippen LogP contribution in [-0.2, 0) is 29.1 Å². The third kappa shape index (κ3) is 3.93. The van der Waals surface area contributed by atoms with E-state index in [2.05, 4.69) is 0 Å². The Morgan fingerprint density at radius 3 is 2.42 bits per heavy atom. The lowest BCUT2D eigenvalue weighted by atomic mass is 10.2. The van der Waals surface area contributed by atoms with E-state index in [1.54, 1.807) is 19.1 Å². The number of esters is 2. The van der Waals surface area contributed by atoms with Gasteiger partial charge in [-0.05, 0) is 26.0 Å². The van der Waals surface area contributed by atoms with Gasteiger partial charge in [-0.3, -0.25) is 9.59 Å². The number of hydrogen-bond donors (Lipinski definition) is 0. The molecule has 8 heteroatoms. The van der Waals surface area contributed by atoms with Gasteiger partial charge in [-0.2, -0.15) is 4.31 Å². The van der Waals surface area contributed by atoms with E-state index in [1.807, 2.05) is 6.92 Å². The van der Waals surface area contributed by atoms with Crippen molar-refractivity contribution < 1.29 is 27.5 Å². The lowest BCUT2D eigenvalue weighted by molar-refractivity contribution is -0.149. The van der Waals surface area contributed by atoms with E-state index < -0.39 is 34.1 Å². The highest BCUT2D eigenvalue weighted by atomic mass is 32.2. The van der Waals surface area contributed by atoms with Gasteiger partial charge in [0.1, 0.15) is 12.1 Å². The summed E-state index contributed by atoms with van der Waals surface area (Å²) in [5, 5.41) is 0. The minimum absolute atomic E-state index is 0.0702. The summed E-state index contributed by atoms with van der Waals surface area (Å²) in [5.74, 6) is -1.15. The minimum Gasteiger partial charge on any atom is -0.465 e. The van der Waals surface area contributed by atoms with Gasteiger partial charge in [-0.25, -0.2) is 8.42 Å². The Bertz CT molecular complexity index is 713. The van der Waals surface area contributed by atoms with Crippen molar-refractivity contribution in [2.75, 3.05) is 13.2 Å². The third-order valence-corrected chi connectivity index (χ3v) is 5.63. The molecule has 1 aromatic carbocycles. The molecule has 0 aliphatic carbocycles. The zero-order chi connectivity index (χ0) is 17.9. The van der Waals surface area contributed by atoms with Gasteiger partial charge < -0.3 is 9.47 Å². The summed E-state index contributed by atoms with van der Waals surface area (Å²) in [6.07, 6.45) is -0.583. The fourth-order valence-corrected chi connectivity index (χ4v) is 4.27. The summed E-state index contributed by atoms with van der Waals surface area (Å²) >= 11 is 0. The first-order chi connectivity index (χ1) is 11.3. The molecular weight excluding hydrogens is 334 g/mol. The highest BCUT2D eigenvalue weighted by Gasteiger charge is 2.46. The van der Waals surface area contributed by atoms with E-state index >= 15 is 0 Å². The molecule has 1 heterocycles. The topological polar surface area (TPSA) is 90.0 Å². The van der Waals surface area contributed by atoms with Crippen LogP contribution in [0, 0.1) is 6.92 Å². The first-order valence-corrected chi connectivity index (χ1v) is 9.12. The number of benzene rings is 1. The molecule has 2 atom stereocenters. The molecule has 0 saturated carbocycles. The molecule has 132 valence electrons. The quantitative estimate of drug-likeness (QED) is 0.739. The van der Waals surface area contributed by atoms with Crippen molar-refractivity contribution in [2.24, 2.45) is 0 Å². The van der Waals surface area contributed by atoms with Gasteiger partial charge in [0.25, 0.3) is 0 Å². The van der Waals surface area contributed by atoms with Gasteiger partial charge in [0.15, 0.2) is 0 Å². The maximum absolute atomic E-state index is 12.9. The van der Waals surface area contributed by atoms with Gasteiger partial charge in [0, 0.05) is 13.3 Å². The van der Waals surface area contributed by atoms with E-state index in [0.29, 0.717) is 0 Å². The van der Waals surface area contributed by atoms with E-state index in [0.717, 1.165) is 9.87 Å². The van der Waals surface area contributed by atoms with Crippen molar-refractivity contribution in [3.8, 4) is 0 Å². The normalized spacial score (nSPS) is 21.5. The van der Waals surface area contributed by atoms with E-state index in [9.17, 15) is 18.0 Å². The van der Waals surface area contributed by atoms with E-state index in [-0.39, 0.29) is 24.5 Å². The zero-order valence-electron chi connectivity index (χ0n) is 13.9. The molecule has 0 bridgehead atoms. The van der Waals surface area contributed by atoms with Crippen LogP contribution in [0.3, 0.4) is 0 Å². The number of nitrogens with zero attached hydrogens (tertiary/aromatic N) is 1. The lowest BCUT2D eigenvalue weighted by Gasteiger charge is -2.22. The van der Waals surface area contributed by atoms with Crippen LogP contribution in [0.5, 0.6) is 0 Å². The van der Waals surface area contributed by atoms with Crippen LogP contribution >= 0.6 is 0 Å². The molecule has 2 rings (SSSR count). The molecule has 0 aromatic heterocycles. The summed E-state index contributed by atoms with van der Waals surface area (Å²) in [4.78, 5) is 23.4. The molecule has 7 nitrogen and oxygen atoms in total. The second kappa shape index (κ2) is 7.31. The second-order valence-corrected chi connectivity index (χ2v) is 7.51. The maximum atomic E-state index is 12.9. The Morgan fingerprint density at radius 2 is 1.88 bits per heavy atom. The van der Waals surface area contributed by atoms with Crippen molar-refractivity contribution in [1.29, 1.82) is 0 Å². The van der Waals surface area contributed by atoms with E-state index in [4.69, 9.17) is 9.47 Å². The van der Waals surface area contributed by atoms with Crippen LogP contribution in [0.2, 0.25) is 0 Å². The van der Waals surface area contributed by atoms with Crippen LogP contribution in [0.1, 0.15) is 25.8 Å². The van der Waals surface area contributed by atoms with Crippen LogP contribution in [-0.4, -0.2) is 50.0 Å². The summed E-state index contributed by atoms with van der Waals surface area (Å²) in [5.41, 5.74) is 0.926. The number of ether oxygens (including phenoxy) is 2. The second-order valence-electron chi connectivity index (χ2n) is 5.62. The van der Waals surface area contributed by atoms with Gasteiger partial charge >= 0.3 is 11.9 Å². The van der Waals surface area contributed by atoms with Gasteiger partial charge in [-0.1, -0.05) is 17.7 Å². The van der Waals surface area contributed by atoms with Crippen molar-refractivity contribution in [3.63, 3.8) is 0 Å². The zero-order valence-corrected chi connectivity index (χ0v) is 14.7. The number of carbonyl (C=O) groups excluding carboxylic acids is 2. The predicted octanol–water partition coefficient (Wildman–Crippen LogP) is 1.25. The summed E-state index contributed by atoms with van der Waals surface area (Å²) < 4.78 is 36.9. The average molecular weight is 355 g/mol. The fourth-order valence-electron chi connectivity index (χ4n) is 2.65. The summed E-state index contributed by atoms with van der Waals surface area (Å²) in [7, 11) is -3.90. The number of rotatable bonds is 5.